The molecule has 0 spiro atoms. The van der Waals surface area contributed by atoms with Gasteiger partial charge in [0.2, 0.25) is 0 Å². The van der Waals surface area contributed by atoms with Gasteiger partial charge in [0.15, 0.2) is 0 Å². The van der Waals surface area contributed by atoms with E-state index in [2.05, 4.69) is 16.9 Å². The monoisotopic (exact) mass is 231 g/mol. The van der Waals surface area contributed by atoms with Gasteiger partial charge in [0.05, 0.1) is 0 Å². The molecule has 0 fully saturated rings. The van der Waals surface area contributed by atoms with E-state index in [1.54, 1.807) is 18.3 Å². The van der Waals surface area contributed by atoms with Crippen LogP contribution >= 0.6 is 0 Å². The molecular formula is C13H14FN3. The van der Waals surface area contributed by atoms with Crippen LogP contribution in [-0.4, -0.2) is 9.97 Å². The molecule has 0 radical (unpaired) electrons. The minimum Gasteiger partial charge on any atom is -0.383 e. The maximum atomic E-state index is 13.1. The Morgan fingerprint density at radius 1 is 1.35 bits per heavy atom. The Bertz CT molecular complexity index is 526. The van der Waals surface area contributed by atoms with Crippen molar-refractivity contribution >= 4 is 5.82 Å². The molecule has 1 heterocycles. The molecule has 0 saturated heterocycles. The highest BCUT2D eigenvalue weighted by atomic mass is 19.1. The second-order valence-electron chi connectivity index (χ2n) is 3.85. The molecule has 17 heavy (non-hydrogen) atoms. The Labute approximate surface area is 99.5 Å². The van der Waals surface area contributed by atoms with E-state index in [0.717, 1.165) is 18.7 Å². The normalized spacial score (nSPS) is 10.5. The summed E-state index contributed by atoms with van der Waals surface area (Å²) in [6.07, 6.45) is 3.43. The number of rotatable bonds is 3. The first-order valence-corrected chi connectivity index (χ1v) is 5.58. The van der Waals surface area contributed by atoms with Crippen molar-refractivity contribution in [3.63, 3.8) is 0 Å². The van der Waals surface area contributed by atoms with Gasteiger partial charge < -0.3 is 5.73 Å². The van der Waals surface area contributed by atoms with E-state index < -0.39 is 0 Å². The average Bonchev–Trinajstić information content (AvgIpc) is 2.29. The van der Waals surface area contributed by atoms with Crippen molar-refractivity contribution in [3.8, 4) is 11.1 Å². The summed E-state index contributed by atoms with van der Waals surface area (Å²) in [4.78, 5) is 8.43. The molecule has 88 valence electrons. The summed E-state index contributed by atoms with van der Waals surface area (Å²) in [6, 6.07) is 6.25. The first-order valence-electron chi connectivity index (χ1n) is 5.58. The van der Waals surface area contributed by atoms with Crippen LogP contribution < -0.4 is 5.73 Å². The van der Waals surface area contributed by atoms with E-state index in [4.69, 9.17) is 5.73 Å². The average molecular weight is 231 g/mol. The van der Waals surface area contributed by atoms with Gasteiger partial charge in [0.1, 0.15) is 17.5 Å². The number of nitrogens with zero attached hydrogens (tertiary/aromatic N) is 2. The summed E-state index contributed by atoms with van der Waals surface area (Å²) in [5, 5.41) is 0. The molecule has 0 bridgehead atoms. The molecule has 2 aromatic rings. The lowest BCUT2D eigenvalue weighted by molar-refractivity contribution is 0.628. The zero-order chi connectivity index (χ0) is 12.3. The van der Waals surface area contributed by atoms with Gasteiger partial charge >= 0.3 is 0 Å². The fraction of sp³-hybridized carbons (Fsp3) is 0.231. The highest BCUT2D eigenvalue weighted by molar-refractivity contribution is 5.72. The van der Waals surface area contributed by atoms with Crippen LogP contribution in [0.15, 0.2) is 30.5 Å². The van der Waals surface area contributed by atoms with Crippen LogP contribution in [0.2, 0.25) is 0 Å². The van der Waals surface area contributed by atoms with Gasteiger partial charge in [0.25, 0.3) is 0 Å². The van der Waals surface area contributed by atoms with Crippen molar-refractivity contribution in [1.82, 2.24) is 9.97 Å². The van der Waals surface area contributed by atoms with E-state index in [1.807, 2.05) is 0 Å². The Kier molecular flexibility index (Phi) is 3.32. The largest absolute Gasteiger partial charge is 0.383 e. The highest BCUT2D eigenvalue weighted by Crippen LogP contribution is 2.24. The minimum absolute atomic E-state index is 0.292. The van der Waals surface area contributed by atoms with E-state index in [1.165, 1.54) is 12.1 Å². The number of nitrogen functional groups attached to an aromatic ring is 1. The molecule has 0 aliphatic rings. The van der Waals surface area contributed by atoms with Gasteiger partial charge in [0, 0.05) is 18.2 Å². The van der Waals surface area contributed by atoms with E-state index in [-0.39, 0.29) is 5.82 Å². The van der Waals surface area contributed by atoms with Gasteiger partial charge in [-0.05, 0) is 24.1 Å². The summed E-state index contributed by atoms with van der Waals surface area (Å²) in [5.41, 5.74) is 7.23. The second kappa shape index (κ2) is 4.91. The molecule has 0 aliphatic carbocycles. The summed E-state index contributed by atoms with van der Waals surface area (Å²) in [6.45, 7) is 2.06. The molecule has 1 aromatic carbocycles. The highest BCUT2D eigenvalue weighted by Gasteiger charge is 2.06. The van der Waals surface area contributed by atoms with Crippen molar-refractivity contribution in [2.75, 3.05) is 5.73 Å². The zero-order valence-corrected chi connectivity index (χ0v) is 9.65. The van der Waals surface area contributed by atoms with Crippen LogP contribution in [0.3, 0.4) is 0 Å². The minimum atomic E-state index is -0.292. The van der Waals surface area contributed by atoms with Crippen LogP contribution in [0.5, 0.6) is 0 Å². The third kappa shape index (κ3) is 2.58. The van der Waals surface area contributed by atoms with Crippen molar-refractivity contribution in [2.24, 2.45) is 0 Å². The number of aryl methyl sites for hydroxylation is 1. The number of anilines is 1. The molecule has 2 N–H and O–H groups in total. The number of aromatic nitrogens is 2. The molecule has 3 nitrogen and oxygen atoms in total. The van der Waals surface area contributed by atoms with E-state index >= 15 is 0 Å². The fourth-order valence-corrected chi connectivity index (χ4v) is 1.66. The number of nitrogens with two attached hydrogens (primary N) is 1. The van der Waals surface area contributed by atoms with Gasteiger partial charge in [-0.25, -0.2) is 14.4 Å². The van der Waals surface area contributed by atoms with Crippen molar-refractivity contribution in [3.05, 3.63) is 42.1 Å². The molecule has 0 atom stereocenters. The molecule has 0 amide bonds. The van der Waals surface area contributed by atoms with Gasteiger partial charge in [-0.2, -0.15) is 0 Å². The molecule has 0 unspecified atom stereocenters. The Balaban J connectivity index is 2.39. The van der Waals surface area contributed by atoms with Crippen LogP contribution in [0.25, 0.3) is 11.1 Å². The molecule has 0 aliphatic heterocycles. The maximum Gasteiger partial charge on any atom is 0.135 e. The summed E-state index contributed by atoms with van der Waals surface area (Å²) in [5.74, 6) is 0.832. The predicted molar refractivity (Wildman–Crippen MR) is 65.8 cm³/mol. The molecule has 4 heteroatoms. The number of hydrogen-bond donors (Lipinski definition) is 1. The molecule has 2 rings (SSSR count). The van der Waals surface area contributed by atoms with Crippen LogP contribution in [0.4, 0.5) is 10.2 Å². The summed E-state index contributed by atoms with van der Waals surface area (Å²) < 4.78 is 13.1. The first-order chi connectivity index (χ1) is 8.20. The number of halogens is 1. The lowest BCUT2D eigenvalue weighted by atomic mass is 10.1. The number of benzene rings is 1. The number of hydrogen-bond acceptors (Lipinski definition) is 3. The SMILES string of the molecule is CCCc1ncc(-c2cccc(F)c2)c(N)n1. The maximum absolute atomic E-state index is 13.1. The Hall–Kier alpha value is -1.97. The van der Waals surface area contributed by atoms with Crippen LogP contribution in [-0.2, 0) is 6.42 Å². The first kappa shape index (κ1) is 11.5. The Morgan fingerprint density at radius 3 is 2.82 bits per heavy atom. The lowest BCUT2D eigenvalue weighted by Crippen LogP contribution is -2.01. The third-order valence-electron chi connectivity index (χ3n) is 2.48. The zero-order valence-electron chi connectivity index (χ0n) is 9.65. The smallest absolute Gasteiger partial charge is 0.135 e. The second-order valence-corrected chi connectivity index (χ2v) is 3.85. The topological polar surface area (TPSA) is 51.8 Å². The molecule has 1 aromatic heterocycles. The predicted octanol–water partition coefficient (Wildman–Crippen LogP) is 2.82. The van der Waals surface area contributed by atoms with Gasteiger partial charge in [-0.15, -0.1) is 0 Å². The van der Waals surface area contributed by atoms with Crippen molar-refractivity contribution < 1.29 is 4.39 Å². The van der Waals surface area contributed by atoms with E-state index in [0.29, 0.717) is 16.9 Å². The lowest BCUT2D eigenvalue weighted by Gasteiger charge is -2.06. The standard InChI is InChI=1S/C13H14FN3/c1-2-4-12-16-8-11(13(15)17-12)9-5-3-6-10(14)7-9/h3,5-8H,2,4H2,1H3,(H2,15,16,17). The fourth-order valence-electron chi connectivity index (χ4n) is 1.66. The third-order valence-corrected chi connectivity index (χ3v) is 2.48. The van der Waals surface area contributed by atoms with Gasteiger partial charge in [-0.3, -0.25) is 0 Å². The van der Waals surface area contributed by atoms with Gasteiger partial charge in [-0.1, -0.05) is 19.1 Å². The summed E-state index contributed by atoms with van der Waals surface area (Å²) >= 11 is 0. The Morgan fingerprint density at radius 2 is 2.18 bits per heavy atom. The van der Waals surface area contributed by atoms with Crippen LogP contribution in [0, 0.1) is 5.82 Å². The van der Waals surface area contributed by atoms with Crippen LogP contribution in [0.1, 0.15) is 19.2 Å². The van der Waals surface area contributed by atoms with Crippen molar-refractivity contribution in [1.29, 1.82) is 0 Å². The summed E-state index contributed by atoms with van der Waals surface area (Å²) in [7, 11) is 0. The quantitative estimate of drug-likeness (QED) is 0.883. The van der Waals surface area contributed by atoms with E-state index in [9.17, 15) is 4.39 Å². The van der Waals surface area contributed by atoms with Crippen molar-refractivity contribution in [2.45, 2.75) is 19.8 Å². The molecule has 0 saturated carbocycles. The molecular weight excluding hydrogens is 217 g/mol.